The third kappa shape index (κ3) is 6.08. The first kappa shape index (κ1) is 18.3. The van der Waals surface area contributed by atoms with Crippen LogP contribution in [0.1, 0.15) is 44.1 Å². The van der Waals surface area contributed by atoms with Crippen LogP contribution in [0.4, 0.5) is 4.39 Å². The fourth-order valence-corrected chi connectivity index (χ4v) is 3.89. The van der Waals surface area contributed by atoms with Crippen LogP contribution in [0.15, 0.2) is 24.3 Å². The van der Waals surface area contributed by atoms with E-state index in [1.54, 1.807) is 0 Å². The first-order valence-electron chi connectivity index (χ1n) is 9.66. The third-order valence-corrected chi connectivity index (χ3v) is 5.51. The van der Waals surface area contributed by atoms with Gasteiger partial charge in [0.05, 0.1) is 0 Å². The summed E-state index contributed by atoms with van der Waals surface area (Å²) in [6.07, 6.45) is 6.10. The number of halogens is 1. The van der Waals surface area contributed by atoms with Crippen LogP contribution in [0.3, 0.4) is 0 Å². The molecule has 2 aliphatic rings. The van der Waals surface area contributed by atoms with Gasteiger partial charge in [0.2, 0.25) is 5.91 Å². The summed E-state index contributed by atoms with van der Waals surface area (Å²) in [6.45, 7) is 5.02. The van der Waals surface area contributed by atoms with Gasteiger partial charge in [-0.25, -0.2) is 4.39 Å². The van der Waals surface area contributed by atoms with Gasteiger partial charge in [0.15, 0.2) is 0 Å². The first-order valence-corrected chi connectivity index (χ1v) is 9.66. The van der Waals surface area contributed by atoms with Crippen molar-refractivity contribution in [3.8, 4) is 0 Å². The lowest BCUT2D eigenvalue weighted by Gasteiger charge is -2.32. The van der Waals surface area contributed by atoms with Gasteiger partial charge in [-0.2, -0.15) is 0 Å². The molecule has 4 nitrogen and oxygen atoms in total. The highest BCUT2D eigenvalue weighted by Crippen LogP contribution is 2.18. The Kier molecular flexibility index (Phi) is 6.82. The maximum absolute atomic E-state index is 13.0. The fourth-order valence-electron chi connectivity index (χ4n) is 3.89. The predicted octanol–water partition coefficient (Wildman–Crippen LogP) is 2.69. The van der Waals surface area contributed by atoms with Crippen molar-refractivity contribution in [2.24, 2.45) is 5.92 Å². The third-order valence-electron chi connectivity index (χ3n) is 5.51. The molecule has 0 unspecified atom stereocenters. The largest absolute Gasteiger partial charge is 0.353 e. The first-order chi connectivity index (χ1) is 12.2. The van der Waals surface area contributed by atoms with Gasteiger partial charge in [-0.05, 0) is 68.8 Å². The minimum absolute atomic E-state index is 0.185. The Balaban J connectivity index is 1.33. The Labute approximate surface area is 150 Å². The molecule has 0 atom stereocenters. The highest BCUT2D eigenvalue weighted by Gasteiger charge is 2.21. The SMILES string of the molecule is O=C(CCC1CCNCC1)NC1CCN(Cc2ccc(F)cc2)CC1. The molecule has 2 aliphatic heterocycles. The molecule has 1 aromatic carbocycles. The van der Waals surface area contributed by atoms with E-state index in [2.05, 4.69) is 15.5 Å². The van der Waals surface area contributed by atoms with E-state index in [9.17, 15) is 9.18 Å². The van der Waals surface area contributed by atoms with Crippen molar-refractivity contribution >= 4 is 5.91 Å². The zero-order valence-corrected chi connectivity index (χ0v) is 15.0. The van der Waals surface area contributed by atoms with Gasteiger partial charge in [-0.15, -0.1) is 0 Å². The normalized spacial score (nSPS) is 20.5. The molecule has 0 aliphatic carbocycles. The van der Waals surface area contributed by atoms with Crippen molar-refractivity contribution in [1.29, 1.82) is 0 Å². The van der Waals surface area contributed by atoms with Crippen LogP contribution in [-0.2, 0) is 11.3 Å². The van der Waals surface area contributed by atoms with Crippen LogP contribution in [0.25, 0.3) is 0 Å². The van der Waals surface area contributed by atoms with Gasteiger partial charge in [0, 0.05) is 32.1 Å². The van der Waals surface area contributed by atoms with Gasteiger partial charge in [0.25, 0.3) is 0 Å². The maximum atomic E-state index is 13.0. The Morgan fingerprint density at radius 3 is 2.48 bits per heavy atom. The lowest BCUT2D eigenvalue weighted by Crippen LogP contribution is -2.44. The second-order valence-electron chi connectivity index (χ2n) is 7.48. The zero-order valence-electron chi connectivity index (χ0n) is 15.0. The molecule has 138 valence electrons. The number of rotatable bonds is 6. The van der Waals surface area contributed by atoms with Crippen LogP contribution in [0.2, 0.25) is 0 Å². The summed E-state index contributed by atoms with van der Waals surface area (Å²) in [4.78, 5) is 14.6. The van der Waals surface area contributed by atoms with Gasteiger partial charge < -0.3 is 10.6 Å². The number of carbonyl (C=O) groups excluding carboxylic acids is 1. The highest BCUT2D eigenvalue weighted by atomic mass is 19.1. The molecule has 2 saturated heterocycles. The number of carbonyl (C=O) groups is 1. The standard InChI is InChI=1S/C20H30FN3O/c21-18-4-1-17(2-5-18)15-24-13-9-19(10-14-24)23-20(25)6-3-16-7-11-22-12-8-16/h1-2,4-5,16,19,22H,3,6-15H2,(H,23,25). The molecule has 25 heavy (non-hydrogen) atoms. The number of hydrogen-bond acceptors (Lipinski definition) is 3. The van der Waals surface area contributed by atoms with E-state index in [0.717, 1.165) is 57.5 Å². The lowest BCUT2D eigenvalue weighted by molar-refractivity contribution is -0.122. The summed E-state index contributed by atoms with van der Waals surface area (Å²) in [7, 11) is 0. The molecule has 5 heteroatoms. The summed E-state index contributed by atoms with van der Waals surface area (Å²) in [5.41, 5.74) is 1.14. The van der Waals surface area contributed by atoms with E-state index < -0.39 is 0 Å². The number of benzene rings is 1. The van der Waals surface area contributed by atoms with Crippen LogP contribution >= 0.6 is 0 Å². The summed E-state index contributed by atoms with van der Waals surface area (Å²) >= 11 is 0. The monoisotopic (exact) mass is 347 g/mol. The molecule has 1 amide bonds. The second-order valence-corrected chi connectivity index (χ2v) is 7.48. The van der Waals surface area contributed by atoms with E-state index >= 15 is 0 Å². The number of amides is 1. The van der Waals surface area contributed by atoms with Crippen molar-refractivity contribution in [2.45, 2.75) is 51.1 Å². The molecule has 3 rings (SSSR count). The molecule has 2 heterocycles. The van der Waals surface area contributed by atoms with Gasteiger partial charge in [-0.1, -0.05) is 12.1 Å². The Hall–Kier alpha value is -1.46. The van der Waals surface area contributed by atoms with Crippen molar-refractivity contribution in [3.63, 3.8) is 0 Å². The number of nitrogens with one attached hydrogen (secondary N) is 2. The molecular formula is C20H30FN3O. The van der Waals surface area contributed by atoms with Crippen molar-refractivity contribution in [2.75, 3.05) is 26.2 Å². The molecule has 2 fully saturated rings. The van der Waals surface area contributed by atoms with E-state index in [1.165, 1.54) is 25.0 Å². The number of hydrogen-bond donors (Lipinski definition) is 2. The predicted molar refractivity (Wildman–Crippen MR) is 97.7 cm³/mol. The van der Waals surface area contributed by atoms with Gasteiger partial charge >= 0.3 is 0 Å². The Bertz CT molecular complexity index is 534. The quantitative estimate of drug-likeness (QED) is 0.832. The van der Waals surface area contributed by atoms with E-state index in [1.807, 2.05) is 12.1 Å². The molecular weight excluding hydrogens is 317 g/mol. The summed E-state index contributed by atoms with van der Waals surface area (Å²) in [5, 5.41) is 6.59. The van der Waals surface area contributed by atoms with Crippen LogP contribution in [0, 0.1) is 11.7 Å². The summed E-state index contributed by atoms with van der Waals surface area (Å²) in [5.74, 6) is 0.745. The zero-order chi connectivity index (χ0) is 17.5. The average molecular weight is 347 g/mol. The van der Waals surface area contributed by atoms with Crippen molar-refractivity contribution in [1.82, 2.24) is 15.5 Å². The summed E-state index contributed by atoms with van der Waals surface area (Å²) < 4.78 is 13.0. The topological polar surface area (TPSA) is 44.4 Å². The highest BCUT2D eigenvalue weighted by molar-refractivity contribution is 5.76. The van der Waals surface area contributed by atoms with Gasteiger partial charge in [-0.3, -0.25) is 9.69 Å². The van der Waals surface area contributed by atoms with Crippen LogP contribution in [-0.4, -0.2) is 43.0 Å². The van der Waals surface area contributed by atoms with Crippen LogP contribution < -0.4 is 10.6 Å². The number of nitrogens with zero attached hydrogens (tertiary/aromatic N) is 1. The number of likely N-dealkylation sites (tertiary alicyclic amines) is 1. The van der Waals surface area contributed by atoms with Gasteiger partial charge in [0.1, 0.15) is 5.82 Å². The molecule has 0 spiro atoms. The molecule has 1 aromatic rings. The molecule has 0 aromatic heterocycles. The minimum Gasteiger partial charge on any atom is -0.353 e. The lowest BCUT2D eigenvalue weighted by atomic mass is 9.93. The van der Waals surface area contributed by atoms with E-state index in [0.29, 0.717) is 18.4 Å². The maximum Gasteiger partial charge on any atom is 0.220 e. The summed E-state index contributed by atoms with van der Waals surface area (Å²) in [6, 6.07) is 7.05. The van der Waals surface area contributed by atoms with Crippen LogP contribution in [0.5, 0.6) is 0 Å². The minimum atomic E-state index is -0.185. The van der Waals surface area contributed by atoms with Crippen molar-refractivity contribution in [3.05, 3.63) is 35.6 Å². The molecule has 0 radical (unpaired) electrons. The van der Waals surface area contributed by atoms with Crippen molar-refractivity contribution < 1.29 is 9.18 Å². The Morgan fingerprint density at radius 2 is 1.80 bits per heavy atom. The Morgan fingerprint density at radius 1 is 1.12 bits per heavy atom. The average Bonchev–Trinajstić information content (AvgIpc) is 2.64. The fraction of sp³-hybridized carbons (Fsp3) is 0.650. The smallest absolute Gasteiger partial charge is 0.220 e. The van der Waals surface area contributed by atoms with E-state index in [4.69, 9.17) is 0 Å². The molecule has 2 N–H and O–H groups in total. The number of piperidine rings is 2. The molecule has 0 bridgehead atoms. The van der Waals surface area contributed by atoms with E-state index in [-0.39, 0.29) is 11.7 Å². The molecule has 0 saturated carbocycles. The second kappa shape index (κ2) is 9.30.